The number of nitrogens with zero attached hydrogens (tertiary/aromatic N) is 4. The van der Waals surface area contributed by atoms with Gasteiger partial charge in [-0.1, -0.05) is 6.07 Å². The fourth-order valence-electron chi connectivity index (χ4n) is 2.46. The monoisotopic (exact) mass is 337 g/mol. The minimum atomic E-state index is -0.176. The van der Waals surface area contributed by atoms with Gasteiger partial charge in [-0.15, -0.1) is 0 Å². The SMILES string of the molecule is O=C(NCC(CO)Cc1ccccn1)c1ccc(-n2cncn2)cc1. The van der Waals surface area contributed by atoms with Crippen LogP contribution in [0.25, 0.3) is 5.69 Å². The molecule has 0 fully saturated rings. The van der Waals surface area contributed by atoms with Crippen LogP contribution in [0.15, 0.2) is 61.3 Å². The first-order valence-electron chi connectivity index (χ1n) is 8.00. The van der Waals surface area contributed by atoms with Crippen molar-refractivity contribution >= 4 is 5.91 Å². The Morgan fingerprint density at radius 2 is 2.04 bits per heavy atom. The molecule has 1 amide bonds. The summed E-state index contributed by atoms with van der Waals surface area (Å²) in [5.41, 5.74) is 2.28. The van der Waals surface area contributed by atoms with Crippen LogP contribution in [0, 0.1) is 5.92 Å². The highest BCUT2D eigenvalue weighted by Gasteiger charge is 2.12. The molecule has 25 heavy (non-hydrogen) atoms. The van der Waals surface area contributed by atoms with Gasteiger partial charge in [-0.2, -0.15) is 5.10 Å². The van der Waals surface area contributed by atoms with Gasteiger partial charge in [-0.05, 0) is 42.8 Å². The largest absolute Gasteiger partial charge is 0.396 e. The van der Waals surface area contributed by atoms with Crippen LogP contribution < -0.4 is 5.32 Å². The van der Waals surface area contributed by atoms with E-state index in [0.717, 1.165) is 11.4 Å². The molecular formula is C18H19N5O2. The van der Waals surface area contributed by atoms with Gasteiger partial charge in [0, 0.05) is 36.5 Å². The van der Waals surface area contributed by atoms with Crippen molar-refractivity contribution in [1.82, 2.24) is 25.1 Å². The second-order valence-corrected chi connectivity index (χ2v) is 5.67. The summed E-state index contributed by atoms with van der Waals surface area (Å²) in [4.78, 5) is 20.4. The number of aliphatic hydroxyl groups excluding tert-OH is 1. The lowest BCUT2D eigenvalue weighted by Crippen LogP contribution is -2.32. The highest BCUT2D eigenvalue weighted by Crippen LogP contribution is 2.09. The number of hydrogen-bond acceptors (Lipinski definition) is 5. The highest BCUT2D eigenvalue weighted by molar-refractivity contribution is 5.94. The van der Waals surface area contributed by atoms with Crippen molar-refractivity contribution in [3.63, 3.8) is 0 Å². The van der Waals surface area contributed by atoms with E-state index in [2.05, 4.69) is 20.4 Å². The molecule has 1 atom stereocenters. The van der Waals surface area contributed by atoms with E-state index in [0.29, 0.717) is 18.5 Å². The molecule has 0 saturated carbocycles. The smallest absolute Gasteiger partial charge is 0.251 e. The summed E-state index contributed by atoms with van der Waals surface area (Å²) in [6.45, 7) is 0.374. The van der Waals surface area contributed by atoms with Gasteiger partial charge in [-0.3, -0.25) is 9.78 Å². The first kappa shape index (κ1) is 16.8. The summed E-state index contributed by atoms with van der Waals surface area (Å²) >= 11 is 0. The van der Waals surface area contributed by atoms with Gasteiger partial charge >= 0.3 is 0 Å². The number of aromatic nitrogens is 4. The number of benzene rings is 1. The van der Waals surface area contributed by atoms with Gasteiger partial charge < -0.3 is 10.4 Å². The van der Waals surface area contributed by atoms with Crippen molar-refractivity contribution in [2.75, 3.05) is 13.2 Å². The molecule has 0 aliphatic carbocycles. The normalized spacial score (nSPS) is 11.9. The Hall–Kier alpha value is -3.06. The highest BCUT2D eigenvalue weighted by atomic mass is 16.3. The topological polar surface area (TPSA) is 92.9 Å². The first-order chi connectivity index (χ1) is 12.3. The number of carbonyl (C=O) groups is 1. The zero-order valence-corrected chi connectivity index (χ0v) is 13.6. The molecule has 0 radical (unpaired) electrons. The van der Waals surface area contributed by atoms with Crippen molar-refractivity contribution in [3.8, 4) is 5.69 Å². The minimum absolute atomic E-state index is 0.0118. The van der Waals surface area contributed by atoms with E-state index < -0.39 is 0 Å². The number of rotatable bonds is 7. The molecule has 3 rings (SSSR count). The van der Waals surface area contributed by atoms with Crippen molar-refractivity contribution in [2.45, 2.75) is 6.42 Å². The maximum atomic E-state index is 12.3. The number of carbonyl (C=O) groups excluding carboxylic acids is 1. The molecule has 1 aromatic carbocycles. The van der Waals surface area contributed by atoms with E-state index >= 15 is 0 Å². The summed E-state index contributed by atoms with van der Waals surface area (Å²) in [6, 6.07) is 12.8. The Kier molecular flexibility index (Phi) is 5.48. The second kappa shape index (κ2) is 8.16. The molecule has 2 N–H and O–H groups in total. The van der Waals surface area contributed by atoms with Crippen molar-refractivity contribution in [3.05, 3.63) is 72.6 Å². The van der Waals surface area contributed by atoms with Gasteiger partial charge in [0.15, 0.2) is 0 Å². The van der Waals surface area contributed by atoms with Crippen LogP contribution in [0.2, 0.25) is 0 Å². The van der Waals surface area contributed by atoms with E-state index in [4.69, 9.17) is 0 Å². The molecule has 7 heteroatoms. The van der Waals surface area contributed by atoms with Gasteiger partial charge in [0.1, 0.15) is 12.7 Å². The molecule has 1 unspecified atom stereocenters. The van der Waals surface area contributed by atoms with E-state index in [9.17, 15) is 9.90 Å². The van der Waals surface area contributed by atoms with Gasteiger partial charge in [0.25, 0.3) is 5.91 Å². The number of pyridine rings is 1. The average molecular weight is 337 g/mol. The average Bonchev–Trinajstić information content (AvgIpc) is 3.20. The maximum absolute atomic E-state index is 12.3. The lowest BCUT2D eigenvalue weighted by molar-refractivity contribution is 0.0940. The second-order valence-electron chi connectivity index (χ2n) is 5.67. The standard InChI is InChI=1S/C18H19N5O2/c24-11-14(9-16-3-1-2-8-20-16)10-21-18(25)15-4-6-17(7-5-15)23-13-19-12-22-23/h1-8,12-14,24H,9-11H2,(H,21,25). The van der Waals surface area contributed by atoms with Crippen LogP contribution in [-0.4, -0.2) is 43.9 Å². The Labute approximate surface area is 145 Å². The quantitative estimate of drug-likeness (QED) is 0.677. The van der Waals surface area contributed by atoms with E-state index in [1.165, 1.54) is 6.33 Å². The molecule has 0 bridgehead atoms. The van der Waals surface area contributed by atoms with E-state index in [1.807, 2.05) is 18.2 Å². The molecule has 0 aliphatic heterocycles. The third-order valence-electron chi connectivity index (χ3n) is 3.85. The fourth-order valence-corrected chi connectivity index (χ4v) is 2.46. The van der Waals surface area contributed by atoms with Crippen molar-refractivity contribution in [2.24, 2.45) is 5.92 Å². The molecule has 2 aromatic heterocycles. The molecule has 0 spiro atoms. The van der Waals surface area contributed by atoms with Crippen LogP contribution in [0.1, 0.15) is 16.1 Å². The van der Waals surface area contributed by atoms with Crippen LogP contribution in [-0.2, 0) is 6.42 Å². The molecular weight excluding hydrogens is 318 g/mol. The van der Waals surface area contributed by atoms with Gasteiger partial charge in [0.2, 0.25) is 0 Å². The number of nitrogens with one attached hydrogen (secondary N) is 1. The summed E-state index contributed by atoms with van der Waals surface area (Å²) in [6.07, 6.45) is 5.39. The zero-order valence-electron chi connectivity index (χ0n) is 13.6. The Balaban J connectivity index is 1.56. The third-order valence-corrected chi connectivity index (χ3v) is 3.85. The minimum Gasteiger partial charge on any atom is -0.396 e. The number of aliphatic hydroxyl groups is 1. The third kappa shape index (κ3) is 4.48. The summed E-state index contributed by atoms with van der Waals surface area (Å²) < 4.78 is 1.62. The lowest BCUT2D eigenvalue weighted by atomic mass is 10.0. The van der Waals surface area contributed by atoms with Crippen LogP contribution in [0.5, 0.6) is 0 Å². The van der Waals surface area contributed by atoms with Crippen molar-refractivity contribution < 1.29 is 9.90 Å². The van der Waals surface area contributed by atoms with Crippen LogP contribution in [0.4, 0.5) is 0 Å². The maximum Gasteiger partial charge on any atom is 0.251 e. The Morgan fingerprint density at radius 3 is 2.68 bits per heavy atom. The van der Waals surface area contributed by atoms with Gasteiger partial charge in [-0.25, -0.2) is 9.67 Å². The molecule has 0 saturated heterocycles. The number of hydrogen-bond donors (Lipinski definition) is 2. The van der Waals surface area contributed by atoms with Crippen LogP contribution >= 0.6 is 0 Å². The molecule has 3 aromatic rings. The predicted octanol–water partition coefficient (Wildman–Crippen LogP) is 1.24. The molecule has 0 aliphatic rings. The van der Waals surface area contributed by atoms with Crippen molar-refractivity contribution in [1.29, 1.82) is 0 Å². The Morgan fingerprint density at radius 1 is 1.20 bits per heavy atom. The fraction of sp³-hybridized carbons (Fsp3) is 0.222. The summed E-state index contributed by atoms with van der Waals surface area (Å²) in [5.74, 6) is -0.252. The first-order valence-corrected chi connectivity index (χ1v) is 8.00. The lowest BCUT2D eigenvalue weighted by Gasteiger charge is -2.15. The van der Waals surface area contributed by atoms with E-state index in [1.54, 1.807) is 41.5 Å². The van der Waals surface area contributed by atoms with Crippen LogP contribution in [0.3, 0.4) is 0 Å². The Bertz CT molecular complexity index is 788. The summed E-state index contributed by atoms with van der Waals surface area (Å²) in [7, 11) is 0. The van der Waals surface area contributed by atoms with E-state index in [-0.39, 0.29) is 18.4 Å². The molecule has 2 heterocycles. The number of amides is 1. The predicted molar refractivity (Wildman–Crippen MR) is 92.2 cm³/mol. The molecule has 128 valence electrons. The summed E-state index contributed by atoms with van der Waals surface area (Å²) in [5, 5.41) is 16.4. The molecule has 7 nitrogen and oxygen atoms in total. The van der Waals surface area contributed by atoms with Gasteiger partial charge in [0.05, 0.1) is 5.69 Å². The zero-order chi connectivity index (χ0) is 17.5.